The number of hydrogen-bond donors (Lipinski definition) is 8. The fourth-order valence-electron chi connectivity index (χ4n) is 6.04. The van der Waals surface area contributed by atoms with Crippen LogP contribution in [0.4, 0.5) is 0 Å². The molecule has 0 aromatic heterocycles. The van der Waals surface area contributed by atoms with Gasteiger partial charge in [-0.3, -0.25) is 14.5 Å². The van der Waals surface area contributed by atoms with Gasteiger partial charge in [-0.15, -0.1) is 0 Å². The van der Waals surface area contributed by atoms with Crippen LogP contribution in [0.25, 0.3) is 0 Å². The molecule has 1 unspecified atom stereocenters. The maximum atomic E-state index is 13.8. The third-order valence-corrected chi connectivity index (χ3v) is 8.89. The monoisotopic (exact) mass is 758 g/mol. The molecule has 4 aliphatic heterocycles. The predicted octanol–water partition coefficient (Wildman–Crippen LogP) is -1.34. The second kappa shape index (κ2) is 19.0. The molecule has 4 fully saturated rings. The van der Waals surface area contributed by atoms with Crippen molar-refractivity contribution in [3.05, 3.63) is 71.0 Å². The van der Waals surface area contributed by atoms with E-state index in [2.05, 4.69) is 0 Å². The van der Waals surface area contributed by atoms with Gasteiger partial charge in [0.25, 0.3) is 5.91 Å². The number of allylic oxidation sites excluding steroid dienone is 10. The lowest BCUT2D eigenvalue weighted by atomic mass is 10.0. The first-order valence-corrected chi connectivity index (χ1v) is 16.9. The number of amides is 1. The first-order valence-electron chi connectivity index (χ1n) is 16.5. The third-order valence-electron chi connectivity index (χ3n) is 8.77. The summed E-state index contributed by atoms with van der Waals surface area (Å²) in [6, 6.07) is -1.51. The van der Waals surface area contributed by atoms with E-state index in [1.165, 1.54) is 19.3 Å². The highest BCUT2D eigenvalue weighted by molar-refractivity contribution is 6.29. The molecule has 0 aromatic rings. The molecule has 9 N–H and O–H groups in total. The molecule has 1 amide bonds. The molecule has 0 saturated carbocycles. The van der Waals surface area contributed by atoms with Crippen LogP contribution in [-0.2, 0) is 38.0 Å². The Labute approximate surface area is 305 Å². The lowest BCUT2D eigenvalue weighted by Gasteiger charge is -2.46. The molecular formula is C34H47ClN2O15. The van der Waals surface area contributed by atoms with Gasteiger partial charge in [0.05, 0.1) is 19.3 Å². The lowest BCUT2D eigenvalue weighted by molar-refractivity contribution is -0.338. The Hall–Kier alpha value is -2.85. The van der Waals surface area contributed by atoms with Crippen molar-refractivity contribution in [2.75, 3.05) is 20.3 Å². The number of halogens is 1. The van der Waals surface area contributed by atoms with E-state index in [0.29, 0.717) is 5.03 Å². The van der Waals surface area contributed by atoms with Crippen LogP contribution in [0.15, 0.2) is 71.0 Å². The molecule has 4 aliphatic rings. The van der Waals surface area contributed by atoms with E-state index in [-0.39, 0.29) is 6.61 Å². The van der Waals surface area contributed by atoms with Gasteiger partial charge in [-0.1, -0.05) is 54.1 Å². The van der Waals surface area contributed by atoms with Crippen LogP contribution in [0.2, 0.25) is 0 Å². The molecule has 14 atom stereocenters. The molecule has 17 nitrogen and oxygen atoms in total. The molecule has 0 spiro atoms. The molecule has 4 saturated heterocycles. The number of methoxy groups -OCH3 is 1. The van der Waals surface area contributed by atoms with E-state index in [1.54, 1.807) is 50.3 Å². The summed E-state index contributed by atoms with van der Waals surface area (Å²) < 4.78 is 33.7. The zero-order valence-corrected chi connectivity index (χ0v) is 29.5. The van der Waals surface area contributed by atoms with Crippen molar-refractivity contribution in [1.82, 2.24) is 4.90 Å². The van der Waals surface area contributed by atoms with Gasteiger partial charge >= 0.3 is 0 Å². The van der Waals surface area contributed by atoms with Gasteiger partial charge in [-0.05, 0) is 26.0 Å². The molecule has 0 bridgehead atoms. The van der Waals surface area contributed by atoms with E-state index in [1.807, 2.05) is 0 Å². The predicted molar refractivity (Wildman–Crippen MR) is 181 cm³/mol. The largest absolute Gasteiger partial charge is 0.507 e. The SMILES string of the molecule is CO[C@@H]1[C@H](O[C@@H]2CO[C@@H](O[C@@H]3[C@@H](O)[C@H](O)CO[C@H]3N3C(=O)/C(=C(O)/C=C/C=C/C=C/C=C/C=C(/C)Cl)C(=O)[C@@H]3CC(N)O)[C@@H](O)[C@@H]2O)O[C@H](C)[C@H]1O. The van der Waals surface area contributed by atoms with Crippen molar-refractivity contribution >= 4 is 23.3 Å². The summed E-state index contributed by atoms with van der Waals surface area (Å²) in [6.07, 6.45) is -4.65. The number of Topliss-reactive ketones (excluding diaryl/α,β-unsaturated/α-hetero) is 1. The van der Waals surface area contributed by atoms with Gasteiger partial charge in [0.2, 0.25) is 0 Å². The summed E-state index contributed by atoms with van der Waals surface area (Å²) in [5.41, 5.74) is 4.93. The second-order valence-corrected chi connectivity index (χ2v) is 13.2. The quantitative estimate of drug-likeness (QED) is 0.0355. The van der Waals surface area contributed by atoms with Crippen molar-refractivity contribution in [1.29, 1.82) is 0 Å². The van der Waals surface area contributed by atoms with Gasteiger partial charge in [0.15, 0.2) is 24.6 Å². The maximum Gasteiger partial charge on any atom is 0.264 e. The average molecular weight is 759 g/mol. The Morgan fingerprint density at radius 3 is 2.21 bits per heavy atom. The van der Waals surface area contributed by atoms with Crippen LogP contribution in [0.1, 0.15) is 20.3 Å². The zero-order chi connectivity index (χ0) is 38.3. The molecule has 18 heteroatoms. The minimum absolute atomic E-state index is 0.386. The number of likely N-dealkylation sites (tertiary alicyclic amines) is 1. The van der Waals surface area contributed by atoms with E-state index >= 15 is 0 Å². The Kier molecular flexibility index (Phi) is 15.3. The first kappa shape index (κ1) is 41.9. The molecule has 52 heavy (non-hydrogen) atoms. The van der Waals surface area contributed by atoms with Crippen molar-refractivity contribution in [2.45, 2.75) is 106 Å². The van der Waals surface area contributed by atoms with Crippen molar-refractivity contribution in [3.63, 3.8) is 0 Å². The third kappa shape index (κ3) is 9.82. The molecule has 0 aliphatic carbocycles. The zero-order valence-electron chi connectivity index (χ0n) is 28.7. The number of ketones is 1. The number of rotatable bonds is 13. The normalized spacial score (nSPS) is 39.6. The summed E-state index contributed by atoms with van der Waals surface area (Å²) >= 11 is 5.75. The van der Waals surface area contributed by atoms with Gasteiger partial charge in [0.1, 0.15) is 72.4 Å². The van der Waals surface area contributed by atoms with E-state index in [0.717, 1.165) is 11.0 Å². The summed E-state index contributed by atoms with van der Waals surface area (Å²) in [5.74, 6) is -2.68. The number of ether oxygens (including phenoxy) is 6. The standard InChI is InChI=1S/C34H47ClN2O15/c1-16(35)11-9-7-5-4-6-8-10-12-19(38)23-25(42)18(13-22(36)40)37(31(23)46)32-29(26(43)20(39)14-48-32)52-33-28(45)27(44)21(15-49-33)51-34-30(47-3)24(41)17(2)50-34/h4-12,17-18,20-22,24,26-30,32-34,38-41,43-45H,13-15,36H2,1-3H3/b5-4+,8-6+,9-7+,12-10+,16-11-,23-19-/t17-,18+,20-,21-,22?,24-,26+,27-,28+,29-,30+,32-,33+,34+/m1/s1. The fraction of sp³-hybridized carbons (Fsp3) is 0.588. The number of aliphatic hydroxyl groups excluding tert-OH is 7. The van der Waals surface area contributed by atoms with Gasteiger partial charge < -0.3 is 69.9 Å². The minimum Gasteiger partial charge on any atom is -0.507 e. The van der Waals surface area contributed by atoms with Crippen LogP contribution in [0, 0.1) is 0 Å². The molecule has 0 aromatic carbocycles. The number of carbonyl (C=O) groups excluding carboxylic acids is 2. The van der Waals surface area contributed by atoms with Gasteiger partial charge in [-0.2, -0.15) is 0 Å². The van der Waals surface area contributed by atoms with E-state index in [9.17, 15) is 45.3 Å². The van der Waals surface area contributed by atoms with E-state index < -0.39 is 122 Å². The fourth-order valence-corrected chi connectivity index (χ4v) is 6.12. The molecule has 4 rings (SSSR count). The van der Waals surface area contributed by atoms with Crippen molar-refractivity contribution in [3.8, 4) is 0 Å². The minimum atomic E-state index is -1.83. The Morgan fingerprint density at radius 2 is 1.58 bits per heavy atom. The summed E-state index contributed by atoms with van der Waals surface area (Å²) in [5, 5.41) is 75.1. The van der Waals surface area contributed by atoms with Crippen LogP contribution < -0.4 is 5.73 Å². The molecule has 0 radical (unpaired) electrons. The molecule has 290 valence electrons. The summed E-state index contributed by atoms with van der Waals surface area (Å²) in [7, 11) is 1.34. The number of nitrogens with two attached hydrogens (primary N) is 1. The number of aliphatic hydroxyl groups is 7. The topological polar surface area (TPSA) is 260 Å². The highest BCUT2D eigenvalue weighted by Crippen LogP contribution is 2.35. The van der Waals surface area contributed by atoms with Crippen LogP contribution in [0.3, 0.4) is 0 Å². The maximum absolute atomic E-state index is 13.8. The average Bonchev–Trinajstić information content (AvgIpc) is 3.49. The van der Waals surface area contributed by atoms with Crippen LogP contribution in [-0.4, -0.2) is 159 Å². The second-order valence-electron chi connectivity index (χ2n) is 12.6. The van der Waals surface area contributed by atoms with Gasteiger partial charge in [0, 0.05) is 18.6 Å². The smallest absolute Gasteiger partial charge is 0.264 e. The van der Waals surface area contributed by atoms with E-state index in [4.69, 9.17) is 45.8 Å². The summed E-state index contributed by atoms with van der Waals surface area (Å²) in [4.78, 5) is 28.2. The van der Waals surface area contributed by atoms with Crippen molar-refractivity contribution in [2.24, 2.45) is 5.73 Å². The number of nitrogens with zero attached hydrogens (tertiary/aromatic N) is 1. The summed E-state index contributed by atoms with van der Waals surface area (Å²) in [6.45, 7) is 2.42. The highest BCUT2D eigenvalue weighted by Gasteiger charge is 2.55. The molecular weight excluding hydrogens is 712 g/mol. The number of hydrogen-bond acceptors (Lipinski definition) is 16. The molecule has 4 heterocycles. The highest BCUT2D eigenvalue weighted by atomic mass is 35.5. The Balaban J connectivity index is 1.52. The Morgan fingerprint density at radius 1 is 0.923 bits per heavy atom. The van der Waals surface area contributed by atoms with Crippen LogP contribution in [0.5, 0.6) is 0 Å². The number of carbonyl (C=O) groups is 2. The van der Waals surface area contributed by atoms with Crippen molar-refractivity contribution < 1.29 is 73.8 Å². The van der Waals surface area contributed by atoms with Gasteiger partial charge in [-0.25, -0.2) is 0 Å². The lowest BCUT2D eigenvalue weighted by Crippen LogP contribution is -2.65. The Bertz CT molecular complexity index is 1430. The first-order chi connectivity index (χ1) is 24.7. The van der Waals surface area contributed by atoms with Crippen LogP contribution >= 0.6 is 11.6 Å².